The molecule has 2 heterocycles. The summed E-state index contributed by atoms with van der Waals surface area (Å²) in [6.45, 7) is 5.88. The van der Waals surface area contributed by atoms with Crippen LogP contribution in [0.15, 0.2) is 48.4 Å². The van der Waals surface area contributed by atoms with Crippen LogP contribution in [0.1, 0.15) is 29.5 Å². The number of nitrogens with one attached hydrogen (secondary N) is 2. The highest BCUT2D eigenvalue weighted by Gasteiger charge is 2.13. The highest BCUT2D eigenvalue weighted by Crippen LogP contribution is 2.16. The van der Waals surface area contributed by atoms with Gasteiger partial charge in [0.1, 0.15) is 6.23 Å². The molecule has 1 aliphatic heterocycles. The number of imidazole rings is 1. The van der Waals surface area contributed by atoms with Crippen LogP contribution in [0.4, 0.5) is 0 Å². The third-order valence-corrected chi connectivity index (χ3v) is 4.52. The number of aliphatic hydroxyl groups excluding tert-OH is 1. The third-order valence-electron chi connectivity index (χ3n) is 4.52. The van der Waals surface area contributed by atoms with Gasteiger partial charge >= 0.3 is 0 Å². The van der Waals surface area contributed by atoms with Gasteiger partial charge < -0.3 is 10.1 Å². The Bertz CT molecular complexity index is 649. The number of aryl methyl sites for hydroxylation is 1. The lowest BCUT2D eigenvalue weighted by Crippen LogP contribution is -2.36. The number of aromatic amines is 1. The van der Waals surface area contributed by atoms with Gasteiger partial charge in [-0.2, -0.15) is 0 Å². The van der Waals surface area contributed by atoms with E-state index in [0.717, 1.165) is 39.0 Å². The second kappa shape index (κ2) is 8.24. The lowest BCUT2D eigenvalue weighted by molar-refractivity contribution is 0.129. The fourth-order valence-electron chi connectivity index (χ4n) is 2.97. The second-order valence-corrected chi connectivity index (χ2v) is 6.44. The van der Waals surface area contributed by atoms with Crippen molar-refractivity contribution in [3.63, 3.8) is 0 Å². The van der Waals surface area contributed by atoms with E-state index in [1.54, 1.807) is 12.5 Å². The Labute approximate surface area is 143 Å². The molecule has 0 amide bonds. The van der Waals surface area contributed by atoms with Gasteiger partial charge in [0.05, 0.1) is 18.2 Å². The summed E-state index contributed by atoms with van der Waals surface area (Å²) in [7, 11) is 0. The summed E-state index contributed by atoms with van der Waals surface area (Å²) in [6, 6.07) is 8.82. The summed E-state index contributed by atoms with van der Waals surface area (Å²) in [4.78, 5) is 9.23. The lowest BCUT2D eigenvalue weighted by atomic mass is 9.99. The Morgan fingerprint density at radius 3 is 2.83 bits per heavy atom. The number of hydrogen-bond acceptors (Lipinski definition) is 4. The van der Waals surface area contributed by atoms with Crippen LogP contribution >= 0.6 is 0 Å². The molecule has 0 bridgehead atoms. The minimum absolute atomic E-state index is 0.676. The second-order valence-electron chi connectivity index (χ2n) is 6.44. The van der Waals surface area contributed by atoms with E-state index < -0.39 is 6.23 Å². The number of aromatic nitrogens is 2. The van der Waals surface area contributed by atoms with Gasteiger partial charge in [-0.15, -0.1) is 0 Å². The molecule has 3 rings (SSSR count). The molecule has 0 fully saturated rings. The molecule has 128 valence electrons. The maximum absolute atomic E-state index is 9.95. The Balaban J connectivity index is 1.39. The van der Waals surface area contributed by atoms with Crippen molar-refractivity contribution < 1.29 is 5.11 Å². The van der Waals surface area contributed by atoms with Gasteiger partial charge in [-0.1, -0.05) is 41.5 Å². The first-order valence-corrected chi connectivity index (χ1v) is 8.56. The molecule has 2 aromatic rings. The van der Waals surface area contributed by atoms with Crippen molar-refractivity contribution in [2.75, 3.05) is 26.2 Å². The van der Waals surface area contributed by atoms with Crippen molar-refractivity contribution in [1.82, 2.24) is 20.2 Å². The van der Waals surface area contributed by atoms with Crippen LogP contribution < -0.4 is 5.32 Å². The van der Waals surface area contributed by atoms with Gasteiger partial charge in [0.2, 0.25) is 0 Å². The first kappa shape index (κ1) is 16.9. The topological polar surface area (TPSA) is 64.2 Å². The molecule has 0 saturated carbocycles. The highest BCUT2D eigenvalue weighted by atomic mass is 16.3. The molecular weight excluding hydrogens is 300 g/mol. The van der Waals surface area contributed by atoms with Crippen molar-refractivity contribution in [2.24, 2.45) is 0 Å². The molecule has 5 nitrogen and oxygen atoms in total. The van der Waals surface area contributed by atoms with E-state index in [1.807, 2.05) is 0 Å². The summed E-state index contributed by atoms with van der Waals surface area (Å²) < 4.78 is 0. The molecule has 24 heavy (non-hydrogen) atoms. The minimum atomic E-state index is -0.676. The van der Waals surface area contributed by atoms with E-state index in [1.165, 1.54) is 16.7 Å². The summed E-state index contributed by atoms with van der Waals surface area (Å²) >= 11 is 0. The van der Waals surface area contributed by atoms with Crippen LogP contribution in [0.5, 0.6) is 0 Å². The average molecular weight is 326 g/mol. The molecule has 0 aliphatic carbocycles. The molecule has 0 saturated heterocycles. The Kier molecular flexibility index (Phi) is 5.80. The predicted molar refractivity (Wildman–Crippen MR) is 95.6 cm³/mol. The van der Waals surface area contributed by atoms with Gasteiger partial charge in [-0.25, -0.2) is 4.98 Å². The van der Waals surface area contributed by atoms with Crippen molar-refractivity contribution in [3.05, 3.63) is 65.3 Å². The fraction of sp³-hybridized carbons (Fsp3) is 0.421. The first-order valence-electron chi connectivity index (χ1n) is 8.56. The summed E-state index contributed by atoms with van der Waals surface area (Å²) in [5.41, 5.74) is 4.94. The lowest BCUT2D eigenvalue weighted by Gasteiger charge is -2.27. The molecule has 1 aliphatic rings. The zero-order chi connectivity index (χ0) is 16.8. The SMILES string of the molecule is Cc1ccc(CC2=CCN(CCNC(O)c3cnc[nH]3)CC2)cc1. The van der Waals surface area contributed by atoms with E-state index in [-0.39, 0.29) is 0 Å². The molecule has 1 unspecified atom stereocenters. The van der Waals surface area contributed by atoms with Gasteiger partial charge in [-0.3, -0.25) is 10.2 Å². The van der Waals surface area contributed by atoms with Crippen molar-refractivity contribution in [3.8, 4) is 0 Å². The van der Waals surface area contributed by atoms with E-state index in [2.05, 4.69) is 57.4 Å². The maximum Gasteiger partial charge on any atom is 0.147 e. The van der Waals surface area contributed by atoms with Crippen molar-refractivity contribution in [2.45, 2.75) is 26.0 Å². The average Bonchev–Trinajstić information content (AvgIpc) is 3.13. The normalized spacial score (nSPS) is 16.8. The maximum atomic E-state index is 9.95. The zero-order valence-electron chi connectivity index (χ0n) is 14.2. The molecule has 1 aromatic carbocycles. The minimum Gasteiger partial charge on any atom is -0.373 e. The molecule has 3 N–H and O–H groups in total. The summed E-state index contributed by atoms with van der Waals surface area (Å²) in [5.74, 6) is 0. The number of nitrogens with zero attached hydrogens (tertiary/aromatic N) is 2. The van der Waals surface area contributed by atoms with Gasteiger partial charge in [0.15, 0.2) is 0 Å². The molecule has 0 spiro atoms. The molecular formula is C19H26N4O. The predicted octanol–water partition coefficient (Wildman–Crippen LogP) is 2.17. The van der Waals surface area contributed by atoms with Crippen molar-refractivity contribution >= 4 is 0 Å². The molecule has 0 radical (unpaired) electrons. The van der Waals surface area contributed by atoms with Gasteiger partial charge in [0, 0.05) is 26.2 Å². The largest absolute Gasteiger partial charge is 0.373 e. The van der Waals surface area contributed by atoms with Crippen molar-refractivity contribution in [1.29, 1.82) is 0 Å². The molecule has 1 aromatic heterocycles. The van der Waals surface area contributed by atoms with Crippen LogP contribution in [-0.4, -0.2) is 46.2 Å². The summed E-state index contributed by atoms with van der Waals surface area (Å²) in [5, 5.41) is 13.1. The Morgan fingerprint density at radius 1 is 1.33 bits per heavy atom. The number of aliphatic hydroxyl groups is 1. The first-order chi connectivity index (χ1) is 11.7. The molecule has 5 heteroatoms. The molecule has 1 atom stereocenters. The van der Waals surface area contributed by atoms with Gasteiger partial charge in [-0.05, 0) is 25.3 Å². The zero-order valence-corrected chi connectivity index (χ0v) is 14.2. The van der Waals surface area contributed by atoms with Crippen LogP contribution in [-0.2, 0) is 6.42 Å². The number of rotatable bonds is 7. The number of hydrogen-bond donors (Lipinski definition) is 3. The Hall–Kier alpha value is -1.95. The van der Waals surface area contributed by atoms with Crippen LogP contribution in [0.25, 0.3) is 0 Å². The van der Waals surface area contributed by atoms with E-state index in [9.17, 15) is 5.11 Å². The monoisotopic (exact) mass is 326 g/mol. The third kappa shape index (κ3) is 4.77. The van der Waals surface area contributed by atoms with E-state index in [4.69, 9.17) is 0 Å². The standard InChI is InChI=1S/C19H26N4O/c1-15-2-4-16(5-3-15)12-17-6-9-23(10-7-17)11-8-21-19(24)18-13-20-14-22-18/h2-6,13-14,19,21,24H,7-12H2,1H3,(H,20,22). The van der Waals surface area contributed by atoms with Gasteiger partial charge in [0.25, 0.3) is 0 Å². The van der Waals surface area contributed by atoms with Crippen LogP contribution in [0, 0.1) is 6.92 Å². The van der Waals surface area contributed by atoms with Crippen LogP contribution in [0.2, 0.25) is 0 Å². The van der Waals surface area contributed by atoms with E-state index >= 15 is 0 Å². The number of benzene rings is 1. The Morgan fingerprint density at radius 2 is 2.17 bits per heavy atom. The fourth-order valence-corrected chi connectivity index (χ4v) is 2.97. The summed E-state index contributed by atoms with van der Waals surface area (Å²) in [6.07, 6.45) is 7.07. The van der Waals surface area contributed by atoms with Crippen LogP contribution in [0.3, 0.4) is 0 Å². The van der Waals surface area contributed by atoms with E-state index in [0.29, 0.717) is 5.69 Å². The quantitative estimate of drug-likeness (QED) is 0.539. The smallest absolute Gasteiger partial charge is 0.147 e. The number of H-pyrrole nitrogens is 1. The highest BCUT2D eigenvalue weighted by molar-refractivity contribution is 5.26.